The first kappa shape index (κ1) is 16.3. The number of carbonyl (C=O) groups excluding carboxylic acids is 2. The molecule has 0 radical (unpaired) electrons. The molecule has 1 atom stereocenters. The second-order valence-corrected chi connectivity index (χ2v) is 7.51. The molecule has 3 aliphatic rings. The Bertz CT molecular complexity index is 673. The Hall–Kier alpha value is -2.18. The van der Waals surface area contributed by atoms with Crippen LogP contribution in [0, 0.1) is 11.3 Å². The number of carbonyl (C=O) groups is 2. The zero-order chi connectivity index (χ0) is 17.4. The number of piperidine rings is 1. The minimum absolute atomic E-state index is 0.105. The Kier molecular flexibility index (Phi) is 4.09. The van der Waals surface area contributed by atoms with Crippen LogP contribution in [-0.4, -0.2) is 64.9 Å². The Morgan fingerprint density at radius 1 is 1.28 bits per heavy atom. The standard InChI is InChI=1S/C18H24N4O3/c1-25-17-19-9-14(10-20-17)15(23)22-8-6-18(12-22)5-2-7-21(16(18)24)11-13-3-4-13/h9-10,13H,2-8,11-12H2,1H3/t18-/m1/s1. The summed E-state index contributed by atoms with van der Waals surface area (Å²) in [6, 6.07) is 0.243. The maximum Gasteiger partial charge on any atom is 0.316 e. The van der Waals surface area contributed by atoms with Crippen molar-refractivity contribution in [1.29, 1.82) is 0 Å². The smallest absolute Gasteiger partial charge is 0.316 e. The Labute approximate surface area is 147 Å². The lowest BCUT2D eigenvalue weighted by Crippen LogP contribution is -2.50. The van der Waals surface area contributed by atoms with Crippen molar-refractivity contribution < 1.29 is 14.3 Å². The predicted molar refractivity (Wildman–Crippen MR) is 90.1 cm³/mol. The van der Waals surface area contributed by atoms with Crippen LogP contribution in [0.5, 0.6) is 6.01 Å². The highest BCUT2D eigenvalue weighted by Gasteiger charge is 2.50. The summed E-state index contributed by atoms with van der Waals surface area (Å²) in [5.74, 6) is 0.855. The maximum absolute atomic E-state index is 13.0. The first-order valence-corrected chi connectivity index (χ1v) is 9.06. The third-order valence-electron chi connectivity index (χ3n) is 5.70. The number of aromatic nitrogens is 2. The molecule has 1 aliphatic carbocycles. The molecule has 3 heterocycles. The van der Waals surface area contributed by atoms with Gasteiger partial charge in [-0.15, -0.1) is 0 Å². The second kappa shape index (κ2) is 6.28. The van der Waals surface area contributed by atoms with Gasteiger partial charge in [-0.3, -0.25) is 9.59 Å². The van der Waals surface area contributed by atoms with Gasteiger partial charge in [0.15, 0.2) is 0 Å². The van der Waals surface area contributed by atoms with Crippen molar-refractivity contribution in [2.75, 3.05) is 33.3 Å². The predicted octanol–water partition coefficient (Wildman–Crippen LogP) is 1.35. The third kappa shape index (κ3) is 3.07. The lowest BCUT2D eigenvalue weighted by molar-refractivity contribution is -0.145. The van der Waals surface area contributed by atoms with Gasteiger partial charge in [-0.05, 0) is 38.0 Å². The first-order chi connectivity index (χ1) is 12.1. The van der Waals surface area contributed by atoms with Crippen LogP contribution in [0.1, 0.15) is 42.5 Å². The van der Waals surface area contributed by atoms with E-state index >= 15 is 0 Å². The normalized spacial score (nSPS) is 26.4. The van der Waals surface area contributed by atoms with Crippen molar-refractivity contribution in [3.8, 4) is 6.01 Å². The van der Waals surface area contributed by atoms with Crippen LogP contribution in [-0.2, 0) is 4.79 Å². The second-order valence-electron chi connectivity index (χ2n) is 7.51. The van der Waals surface area contributed by atoms with Crippen LogP contribution in [0.25, 0.3) is 0 Å². The maximum atomic E-state index is 13.0. The molecule has 2 aliphatic heterocycles. The van der Waals surface area contributed by atoms with Gasteiger partial charge in [0, 0.05) is 38.6 Å². The monoisotopic (exact) mass is 344 g/mol. The summed E-state index contributed by atoms with van der Waals surface area (Å²) in [5, 5.41) is 0. The van der Waals surface area contributed by atoms with Crippen LogP contribution in [0.3, 0.4) is 0 Å². The number of likely N-dealkylation sites (tertiary alicyclic amines) is 2. The zero-order valence-electron chi connectivity index (χ0n) is 14.6. The van der Waals surface area contributed by atoms with Crippen molar-refractivity contribution >= 4 is 11.8 Å². The van der Waals surface area contributed by atoms with E-state index in [4.69, 9.17) is 4.74 Å². The van der Waals surface area contributed by atoms with Crippen LogP contribution >= 0.6 is 0 Å². The number of nitrogens with zero attached hydrogens (tertiary/aromatic N) is 4. The van der Waals surface area contributed by atoms with Crippen molar-refractivity contribution in [3.63, 3.8) is 0 Å². The number of methoxy groups -OCH3 is 1. The van der Waals surface area contributed by atoms with Gasteiger partial charge in [-0.1, -0.05) is 0 Å². The molecule has 0 aromatic carbocycles. The summed E-state index contributed by atoms with van der Waals surface area (Å²) >= 11 is 0. The van der Waals surface area contributed by atoms with Gasteiger partial charge in [-0.2, -0.15) is 0 Å². The van der Waals surface area contributed by atoms with Crippen molar-refractivity contribution in [1.82, 2.24) is 19.8 Å². The van der Waals surface area contributed by atoms with E-state index < -0.39 is 0 Å². The van der Waals surface area contributed by atoms with E-state index in [1.807, 2.05) is 4.90 Å². The van der Waals surface area contributed by atoms with E-state index in [-0.39, 0.29) is 23.2 Å². The molecule has 1 saturated carbocycles. The van der Waals surface area contributed by atoms with E-state index in [2.05, 4.69) is 9.97 Å². The number of ether oxygens (including phenoxy) is 1. The highest BCUT2D eigenvalue weighted by Crippen LogP contribution is 2.42. The molecule has 1 spiro atoms. The van der Waals surface area contributed by atoms with Gasteiger partial charge in [0.2, 0.25) is 5.91 Å². The Morgan fingerprint density at radius 2 is 2.04 bits per heavy atom. The number of rotatable bonds is 4. The van der Waals surface area contributed by atoms with Crippen molar-refractivity contribution in [2.45, 2.75) is 32.1 Å². The molecule has 0 bridgehead atoms. The highest BCUT2D eigenvalue weighted by molar-refractivity contribution is 5.95. The van der Waals surface area contributed by atoms with Crippen LogP contribution < -0.4 is 4.74 Å². The molecule has 4 rings (SSSR count). The van der Waals surface area contributed by atoms with Crippen LogP contribution in [0.2, 0.25) is 0 Å². The van der Waals surface area contributed by atoms with E-state index in [1.165, 1.54) is 32.3 Å². The molecule has 0 N–H and O–H groups in total. The number of hydrogen-bond acceptors (Lipinski definition) is 5. The topological polar surface area (TPSA) is 75.6 Å². The lowest BCUT2D eigenvalue weighted by Gasteiger charge is -2.39. The molecule has 25 heavy (non-hydrogen) atoms. The van der Waals surface area contributed by atoms with Crippen molar-refractivity contribution in [3.05, 3.63) is 18.0 Å². The summed E-state index contributed by atoms with van der Waals surface area (Å²) in [6.07, 6.45) is 8.15. The molecule has 2 saturated heterocycles. The van der Waals surface area contributed by atoms with E-state index in [0.717, 1.165) is 32.4 Å². The number of hydrogen-bond donors (Lipinski definition) is 0. The molecular weight excluding hydrogens is 320 g/mol. The zero-order valence-corrected chi connectivity index (χ0v) is 14.6. The summed E-state index contributed by atoms with van der Waals surface area (Å²) in [4.78, 5) is 37.6. The van der Waals surface area contributed by atoms with E-state index in [0.29, 0.717) is 24.6 Å². The van der Waals surface area contributed by atoms with Crippen LogP contribution in [0.15, 0.2) is 12.4 Å². The van der Waals surface area contributed by atoms with E-state index in [1.54, 1.807) is 4.90 Å². The summed E-state index contributed by atoms with van der Waals surface area (Å²) < 4.78 is 4.93. The molecule has 134 valence electrons. The van der Waals surface area contributed by atoms with Gasteiger partial charge >= 0.3 is 6.01 Å². The van der Waals surface area contributed by atoms with Crippen LogP contribution in [0.4, 0.5) is 0 Å². The summed E-state index contributed by atoms with van der Waals surface area (Å²) in [6.45, 7) is 2.91. The molecule has 2 amide bonds. The van der Waals surface area contributed by atoms with Gasteiger partial charge in [0.05, 0.1) is 18.1 Å². The molecule has 7 nitrogen and oxygen atoms in total. The van der Waals surface area contributed by atoms with E-state index in [9.17, 15) is 9.59 Å². The quantitative estimate of drug-likeness (QED) is 0.824. The minimum atomic E-state index is -0.379. The molecule has 1 aromatic rings. The van der Waals surface area contributed by atoms with Gasteiger partial charge in [0.1, 0.15) is 0 Å². The molecular formula is C18H24N4O3. The molecule has 0 unspecified atom stereocenters. The average Bonchev–Trinajstić information content (AvgIpc) is 3.36. The fourth-order valence-corrected chi connectivity index (χ4v) is 4.08. The fraction of sp³-hybridized carbons (Fsp3) is 0.667. The summed E-state index contributed by atoms with van der Waals surface area (Å²) in [5.41, 5.74) is 0.0618. The highest BCUT2D eigenvalue weighted by atomic mass is 16.5. The van der Waals surface area contributed by atoms with Gasteiger partial charge in [-0.25, -0.2) is 9.97 Å². The molecule has 3 fully saturated rings. The largest absolute Gasteiger partial charge is 0.467 e. The first-order valence-electron chi connectivity index (χ1n) is 9.06. The lowest BCUT2D eigenvalue weighted by atomic mass is 9.78. The minimum Gasteiger partial charge on any atom is -0.467 e. The number of amides is 2. The van der Waals surface area contributed by atoms with Crippen molar-refractivity contribution in [2.24, 2.45) is 11.3 Å². The third-order valence-corrected chi connectivity index (χ3v) is 5.70. The summed E-state index contributed by atoms with van der Waals surface area (Å²) in [7, 11) is 1.49. The fourth-order valence-electron chi connectivity index (χ4n) is 4.08. The van der Waals surface area contributed by atoms with Gasteiger partial charge in [0.25, 0.3) is 5.91 Å². The molecule has 1 aromatic heterocycles. The molecule has 7 heteroatoms. The average molecular weight is 344 g/mol. The Morgan fingerprint density at radius 3 is 2.72 bits per heavy atom. The van der Waals surface area contributed by atoms with Gasteiger partial charge < -0.3 is 14.5 Å². The SMILES string of the molecule is COc1ncc(C(=O)N2CC[C@]3(CCCN(CC4CC4)C3=O)C2)cn1. The Balaban J connectivity index is 1.45.